The van der Waals surface area contributed by atoms with Crippen molar-refractivity contribution in [3.05, 3.63) is 0 Å². The SMILES string of the molecule is CC1N(C)CCCC1(N)CO. The fourth-order valence-electron chi connectivity index (χ4n) is 1.71. The summed E-state index contributed by atoms with van der Waals surface area (Å²) in [4.78, 5) is 2.21. The third-order valence-corrected chi connectivity index (χ3v) is 2.94. The van der Waals surface area contributed by atoms with E-state index < -0.39 is 0 Å². The Morgan fingerprint density at radius 1 is 1.73 bits per heavy atom. The summed E-state index contributed by atoms with van der Waals surface area (Å²) in [5.41, 5.74) is 5.63. The molecule has 3 nitrogen and oxygen atoms in total. The second-order valence-corrected chi connectivity index (χ2v) is 3.65. The molecular weight excluding hydrogens is 140 g/mol. The van der Waals surface area contributed by atoms with E-state index in [-0.39, 0.29) is 12.1 Å². The van der Waals surface area contributed by atoms with E-state index >= 15 is 0 Å². The maximum absolute atomic E-state index is 9.09. The zero-order valence-electron chi connectivity index (χ0n) is 7.38. The highest BCUT2D eigenvalue weighted by atomic mass is 16.3. The molecule has 0 saturated carbocycles. The van der Waals surface area contributed by atoms with Crippen LogP contribution in [0.3, 0.4) is 0 Å². The van der Waals surface area contributed by atoms with E-state index in [0.29, 0.717) is 6.04 Å². The van der Waals surface area contributed by atoms with Gasteiger partial charge in [0.2, 0.25) is 0 Å². The van der Waals surface area contributed by atoms with Crippen LogP contribution in [0.15, 0.2) is 0 Å². The van der Waals surface area contributed by atoms with Gasteiger partial charge >= 0.3 is 0 Å². The second-order valence-electron chi connectivity index (χ2n) is 3.65. The first kappa shape index (κ1) is 8.97. The van der Waals surface area contributed by atoms with Gasteiger partial charge in [0.05, 0.1) is 12.1 Å². The highest BCUT2D eigenvalue weighted by Gasteiger charge is 2.36. The van der Waals surface area contributed by atoms with Crippen LogP contribution < -0.4 is 5.73 Å². The lowest BCUT2D eigenvalue weighted by atomic mass is 9.84. The lowest BCUT2D eigenvalue weighted by molar-refractivity contribution is 0.0585. The number of likely N-dealkylation sites (tertiary alicyclic amines) is 1. The van der Waals surface area contributed by atoms with Crippen molar-refractivity contribution in [1.82, 2.24) is 4.90 Å². The Labute approximate surface area is 68.2 Å². The van der Waals surface area contributed by atoms with Gasteiger partial charge in [-0.25, -0.2) is 0 Å². The predicted octanol–water partition coefficient (Wildman–Crippen LogP) is -0.210. The minimum Gasteiger partial charge on any atom is -0.394 e. The van der Waals surface area contributed by atoms with Crippen molar-refractivity contribution in [3.63, 3.8) is 0 Å². The summed E-state index contributed by atoms with van der Waals surface area (Å²) < 4.78 is 0. The van der Waals surface area contributed by atoms with E-state index in [1.54, 1.807) is 0 Å². The molecule has 0 aliphatic carbocycles. The molecule has 1 rings (SSSR count). The van der Waals surface area contributed by atoms with Crippen LogP contribution in [0.25, 0.3) is 0 Å². The lowest BCUT2D eigenvalue weighted by Crippen LogP contribution is -2.61. The van der Waals surface area contributed by atoms with Crippen molar-refractivity contribution in [1.29, 1.82) is 0 Å². The molecule has 0 aromatic carbocycles. The topological polar surface area (TPSA) is 49.5 Å². The monoisotopic (exact) mass is 158 g/mol. The molecule has 0 aromatic heterocycles. The molecule has 3 heteroatoms. The van der Waals surface area contributed by atoms with Crippen LogP contribution >= 0.6 is 0 Å². The maximum Gasteiger partial charge on any atom is 0.0626 e. The fraction of sp³-hybridized carbons (Fsp3) is 1.00. The van der Waals surface area contributed by atoms with Gasteiger partial charge < -0.3 is 15.7 Å². The van der Waals surface area contributed by atoms with Crippen molar-refractivity contribution >= 4 is 0 Å². The van der Waals surface area contributed by atoms with Gasteiger partial charge in [0.15, 0.2) is 0 Å². The van der Waals surface area contributed by atoms with E-state index in [9.17, 15) is 0 Å². The number of aliphatic hydroxyl groups excluding tert-OH is 1. The molecule has 2 unspecified atom stereocenters. The van der Waals surface area contributed by atoms with Crippen molar-refractivity contribution in [2.45, 2.75) is 31.3 Å². The number of likely N-dealkylation sites (N-methyl/N-ethyl adjacent to an activating group) is 1. The number of aliphatic hydroxyl groups is 1. The molecule has 1 fully saturated rings. The Hall–Kier alpha value is -0.120. The first-order valence-corrected chi connectivity index (χ1v) is 4.20. The van der Waals surface area contributed by atoms with Gasteiger partial charge in [-0.1, -0.05) is 0 Å². The summed E-state index contributed by atoms with van der Waals surface area (Å²) in [5.74, 6) is 0. The molecule has 1 heterocycles. The smallest absolute Gasteiger partial charge is 0.0626 e. The van der Waals surface area contributed by atoms with Crippen molar-refractivity contribution in [3.8, 4) is 0 Å². The van der Waals surface area contributed by atoms with Gasteiger partial charge in [0, 0.05) is 6.04 Å². The van der Waals surface area contributed by atoms with Gasteiger partial charge in [-0.2, -0.15) is 0 Å². The average Bonchev–Trinajstić information content (AvgIpc) is 2.00. The number of nitrogens with two attached hydrogens (primary N) is 1. The first-order chi connectivity index (χ1) is 5.10. The largest absolute Gasteiger partial charge is 0.394 e. The molecule has 0 aromatic rings. The molecule has 0 spiro atoms. The Morgan fingerprint density at radius 3 is 2.82 bits per heavy atom. The van der Waals surface area contributed by atoms with E-state index in [4.69, 9.17) is 10.8 Å². The zero-order chi connectivity index (χ0) is 8.48. The summed E-state index contributed by atoms with van der Waals surface area (Å²) in [7, 11) is 2.06. The van der Waals surface area contributed by atoms with Crippen LogP contribution in [0.1, 0.15) is 19.8 Å². The Kier molecular flexibility index (Phi) is 2.52. The number of rotatable bonds is 1. The number of piperidine rings is 1. The van der Waals surface area contributed by atoms with E-state index in [1.807, 2.05) is 0 Å². The summed E-state index contributed by atoms with van der Waals surface area (Å²) >= 11 is 0. The van der Waals surface area contributed by atoms with Crippen LogP contribution in [-0.4, -0.2) is 41.8 Å². The third-order valence-electron chi connectivity index (χ3n) is 2.94. The molecule has 1 aliphatic heterocycles. The van der Waals surface area contributed by atoms with E-state index in [2.05, 4.69) is 18.9 Å². The fourth-order valence-corrected chi connectivity index (χ4v) is 1.71. The van der Waals surface area contributed by atoms with Crippen molar-refractivity contribution < 1.29 is 5.11 Å². The van der Waals surface area contributed by atoms with Crippen LogP contribution in [-0.2, 0) is 0 Å². The molecule has 0 bridgehead atoms. The maximum atomic E-state index is 9.09. The number of hydrogen-bond donors (Lipinski definition) is 2. The van der Waals surface area contributed by atoms with Gasteiger partial charge in [-0.05, 0) is 33.4 Å². The standard InChI is InChI=1S/C8H18N2O/c1-7-8(9,6-11)4-3-5-10(7)2/h7,11H,3-6,9H2,1-2H3. The van der Waals surface area contributed by atoms with Crippen LogP contribution in [0.4, 0.5) is 0 Å². The number of nitrogens with zero attached hydrogens (tertiary/aromatic N) is 1. The van der Waals surface area contributed by atoms with Crippen LogP contribution in [0.5, 0.6) is 0 Å². The predicted molar refractivity (Wildman–Crippen MR) is 45.3 cm³/mol. The molecule has 66 valence electrons. The highest BCUT2D eigenvalue weighted by Crippen LogP contribution is 2.23. The minimum absolute atomic E-state index is 0.0957. The zero-order valence-corrected chi connectivity index (χ0v) is 7.38. The van der Waals surface area contributed by atoms with Gasteiger partial charge in [-0.15, -0.1) is 0 Å². The third kappa shape index (κ3) is 1.55. The van der Waals surface area contributed by atoms with Crippen LogP contribution in [0, 0.1) is 0 Å². The quantitative estimate of drug-likeness (QED) is 0.555. The normalized spacial score (nSPS) is 40.9. The average molecular weight is 158 g/mol. The number of hydrogen-bond acceptors (Lipinski definition) is 3. The minimum atomic E-state index is -0.368. The first-order valence-electron chi connectivity index (χ1n) is 4.20. The van der Waals surface area contributed by atoms with E-state index in [1.165, 1.54) is 0 Å². The Morgan fingerprint density at radius 2 is 2.36 bits per heavy atom. The molecule has 11 heavy (non-hydrogen) atoms. The highest BCUT2D eigenvalue weighted by molar-refractivity contribution is 4.96. The molecule has 0 radical (unpaired) electrons. The van der Waals surface area contributed by atoms with Crippen molar-refractivity contribution in [2.24, 2.45) is 5.73 Å². The Bertz CT molecular complexity index is 140. The molecular formula is C8H18N2O. The molecule has 0 amide bonds. The van der Waals surface area contributed by atoms with Crippen LogP contribution in [0.2, 0.25) is 0 Å². The molecule has 3 N–H and O–H groups in total. The lowest BCUT2D eigenvalue weighted by Gasteiger charge is -2.43. The molecule has 2 atom stereocenters. The van der Waals surface area contributed by atoms with Gasteiger partial charge in [0.25, 0.3) is 0 Å². The van der Waals surface area contributed by atoms with Gasteiger partial charge in [-0.3, -0.25) is 0 Å². The summed E-state index contributed by atoms with van der Waals surface area (Å²) in [6.45, 7) is 3.27. The summed E-state index contributed by atoms with van der Waals surface area (Å²) in [6, 6.07) is 0.293. The van der Waals surface area contributed by atoms with E-state index in [0.717, 1.165) is 19.4 Å². The second kappa shape index (κ2) is 3.09. The Balaban J connectivity index is 2.64. The summed E-state index contributed by atoms with van der Waals surface area (Å²) in [6.07, 6.45) is 2.03. The van der Waals surface area contributed by atoms with Crippen molar-refractivity contribution in [2.75, 3.05) is 20.2 Å². The molecule has 1 aliphatic rings. The van der Waals surface area contributed by atoms with Gasteiger partial charge in [0.1, 0.15) is 0 Å². The molecule has 1 saturated heterocycles. The summed E-state index contributed by atoms with van der Waals surface area (Å²) in [5, 5.41) is 9.09.